The van der Waals surface area contributed by atoms with Gasteiger partial charge in [-0.2, -0.15) is 0 Å². The first-order valence-corrected chi connectivity index (χ1v) is 6.45. The van der Waals surface area contributed by atoms with E-state index in [0.29, 0.717) is 11.7 Å². The molecule has 0 spiro atoms. The Morgan fingerprint density at radius 1 is 1.32 bits per heavy atom. The van der Waals surface area contributed by atoms with Crippen LogP contribution in [0.5, 0.6) is 0 Å². The van der Waals surface area contributed by atoms with Crippen molar-refractivity contribution >= 4 is 17.5 Å². The molecule has 2 N–H and O–H groups in total. The molecule has 6 nitrogen and oxygen atoms in total. The van der Waals surface area contributed by atoms with Crippen LogP contribution in [0.3, 0.4) is 0 Å². The number of likely N-dealkylation sites (N-methyl/N-ethyl adjacent to an activating group) is 2. The average molecular weight is 263 g/mol. The highest BCUT2D eigenvalue weighted by molar-refractivity contribution is 5.81. The number of anilines is 2. The number of nitrogens with zero attached hydrogens (tertiary/aromatic N) is 4. The number of aromatic nitrogens is 2. The van der Waals surface area contributed by atoms with E-state index in [1.54, 1.807) is 19.0 Å². The number of nitrogen functional groups attached to an aromatic ring is 1. The monoisotopic (exact) mass is 263 g/mol. The van der Waals surface area contributed by atoms with E-state index in [0.717, 1.165) is 30.0 Å². The van der Waals surface area contributed by atoms with Gasteiger partial charge in [0, 0.05) is 32.6 Å². The molecule has 0 radical (unpaired) electrons. The Kier molecular flexibility index (Phi) is 3.59. The van der Waals surface area contributed by atoms with Gasteiger partial charge < -0.3 is 15.5 Å². The van der Waals surface area contributed by atoms with Gasteiger partial charge in [-0.15, -0.1) is 0 Å². The molecule has 0 saturated heterocycles. The van der Waals surface area contributed by atoms with E-state index in [-0.39, 0.29) is 12.5 Å². The second-order valence-corrected chi connectivity index (χ2v) is 5.33. The molecular weight excluding hydrogens is 242 g/mol. The maximum atomic E-state index is 11.8. The van der Waals surface area contributed by atoms with Gasteiger partial charge in [0.05, 0.1) is 6.54 Å². The van der Waals surface area contributed by atoms with Crippen molar-refractivity contribution in [3.63, 3.8) is 0 Å². The molecule has 0 atom stereocenters. The molecule has 1 aliphatic carbocycles. The SMILES string of the molecule is Cc1c(N)nc(C2CC2)nc1N(C)CC(=O)N(C)C. The first kappa shape index (κ1) is 13.6. The van der Waals surface area contributed by atoms with Gasteiger partial charge in [-0.1, -0.05) is 0 Å². The van der Waals surface area contributed by atoms with Gasteiger partial charge >= 0.3 is 0 Å². The van der Waals surface area contributed by atoms with E-state index in [9.17, 15) is 4.79 Å². The predicted molar refractivity (Wildman–Crippen MR) is 75.1 cm³/mol. The van der Waals surface area contributed by atoms with Crippen molar-refractivity contribution in [3.05, 3.63) is 11.4 Å². The summed E-state index contributed by atoms with van der Waals surface area (Å²) >= 11 is 0. The standard InChI is InChI=1S/C13H21N5O/c1-8-11(14)15-12(9-5-6-9)16-13(8)18(4)7-10(19)17(2)3/h9H,5-7H2,1-4H3,(H2,14,15,16). The highest BCUT2D eigenvalue weighted by Crippen LogP contribution is 2.39. The Bertz CT molecular complexity index is 496. The molecule has 1 aliphatic rings. The molecule has 0 aromatic carbocycles. The number of amides is 1. The summed E-state index contributed by atoms with van der Waals surface area (Å²) in [4.78, 5) is 24.1. The minimum atomic E-state index is 0.0343. The third-order valence-corrected chi connectivity index (χ3v) is 3.35. The topological polar surface area (TPSA) is 75.3 Å². The fourth-order valence-corrected chi connectivity index (χ4v) is 1.85. The van der Waals surface area contributed by atoms with Crippen molar-refractivity contribution in [1.29, 1.82) is 0 Å². The molecule has 6 heteroatoms. The van der Waals surface area contributed by atoms with Crippen LogP contribution in [0.1, 0.15) is 30.1 Å². The third-order valence-electron chi connectivity index (χ3n) is 3.35. The van der Waals surface area contributed by atoms with Gasteiger partial charge in [-0.3, -0.25) is 4.79 Å². The number of hydrogen-bond acceptors (Lipinski definition) is 5. The van der Waals surface area contributed by atoms with Gasteiger partial charge in [0.2, 0.25) is 5.91 Å². The summed E-state index contributed by atoms with van der Waals surface area (Å²) in [5.41, 5.74) is 6.77. The smallest absolute Gasteiger partial charge is 0.241 e. The first-order chi connectivity index (χ1) is 8.90. The fourth-order valence-electron chi connectivity index (χ4n) is 1.85. The summed E-state index contributed by atoms with van der Waals surface area (Å²) in [7, 11) is 5.34. The van der Waals surface area contributed by atoms with Gasteiger partial charge in [-0.25, -0.2) is 9.97 Å². The number of carbonyl (C=O) groups excluding carboxylic acids is 1. The fraction of sp³-hybridized carbons (Fsp3) is 0.615. The maximum Gasteiger partial charge on any atom is 0.241 e. The molecule has 1 saturated carbocycles. The zero-order valence-electron chi connectivity index (χ0n) is 12.0. The summed E-state index contributed by atoms with van der Waals surface area (Å²) in [5.74, 6) is 2.55. The predicted octanol–water partition coefficient (Wildman–Crippen LogP) is 0.769. The Morgan fingerprint density at radius 3 is 2.47 bits per heavy atom. The molecule has 1 aromatic rings. The zero-order valence-corrected chi connectivity index (χ0v) is 12.0. The van der Waals surface area contributed by atoms with Gasteiger partial charge in [0.15, 0.2) is 0 Å². The van der Waals surface area contributed by atoms with Crippen LogP contribution >= 0.6 is 0 Å². The van der Waals surface area contributed by atoms with E-state index < -0.39 is 0 Å². The minimum Gasteiger partial charge on any atom is -0.383 e. The molecular formula is C13H21N5O. The van der Waals surface area contributed by atoms with Crippen molar-refractivity contribution in [1.82, 2.24) is 14.9 Å². The van der Waals surface area contributed by atoms with E-state index in [4.69, 9.17) is 5.73 Å². The first-order valence-electron chi connectivity index (χ1n) is 6.45. The molecule has 1 aromatic heterocycles. The molecule has 0 aliphatic heterocycles. The highest BCUT2D eigenvalue weighted by atomic mass is 16.2. The van der Waals surface area contributed by atoms with Crippen LogP contribution in [-0.2, 0) is 4.79 Å². The van der Waals surface area contributed by atoms with Gasteiger partial charge in [0.25, 0.3) is 0 Å². The summed E-state index contributed by atoms with van der Waals surface area (Å²) in [6.07, 6.45) is 2.25. The van der Waals surface area contributed by atoms with E-state index in [1.165, 1.54) is 0 Å². The van der Waals surface area contributed by atoms with Crippen LogP contribution in [0.4, 0.5) is 11.6 Å². The Labute approximate surface area is 113 Å². The van der Waals surface area contributed by atoms with Crippen LogP contribution < -0.4 is 10.6 Å². The highest BCUT2D eigenvalue weighted by Gasteiger charge is 2.28. The molecule has 2 rings (SSSR count). The minimum absolute atomic E-state index is 0.0343. The van der Waals surface area contributed by atoms with Crippen LogP contribution in [0.15, 0.2) is 0 Å². The molecule has 1 amide bonds. The number of carbonyl (C=O) groups is 1. The van der Waals surface area contributed by atoms with Crippen LogP contribution in [0, 0.1) is 6.92 Å². The normalized spacial score (nSPS) is 14.3. The van der Waals surface area contributed by atoms with Crippen LogP contribution in [-0.4, -0.2) is 48.5 Å². The Balaban J connectivity index is 2.24. The number of hydrogen-bond donors (Lipinski definition) is 1. The van der Waals surface area contributed by atoms with Crippen LogP contribution in [0.2, 0.25) is 0 Å². The van der Waals surface area contributed by atoms with E-state index in [2.05, 4.69) is 9.97 Å². The quantitative estimate of drug-likeness (QED) is 0.868. The van der Waals surface area contributed by atoms with Gasteiger partial charge in [0.1, 0.15) is 17.5 Å². The summed E-state index contributed by atoms with van der Waals surface area (Å²) in [5, 5.41) is 0. The van der Waals surface area contributed by atoms with E-state index in [1.807, 2.05) is 18.9 Å². The van der Waals surface area contributed by atoms with Crippen molar-refractivity contribution < 1.29 is 4.79 Å². The lowest BCUT2D eigenvalue weighted by Gasteiger charge is -2.22. The summed E-state index contributed by atoms with van der Waals surface area (Å²) in [6, 6.07) is 0. The van der Waals surface area contributed by atoms with Gasteiger partial charge in [-0.05, 0) is 19.8 Å². The number of nitrogens with two attached hydrogens (primary N) is 1. The molecule has 19 heavy (non-hydrogen) atoms. The molecule has 0 unspecified atom stereocenters. The molecule has 0 bridgehead atoms. The average Bonchev–Trinajstić information content (AvgIpc) is 3.16. The summed E-state index contributed by atoms with van der Waals surface area (Å²) in [6.45, 7) is 2.17. The van der Waals surface area contributed by atoms with E-state index >= 15 is 0 Å². The van der Waals surface area contributed by atoms with Crippen LogP contribution in [0.25, 0.3) is 0 Å². The largest absolute Gasteiger partial charge is 0.383 e. The zero-order chi connectivity index (χ0) is 14.2. The maximum absolute atomic E-state index is 11.8. The van der Waals surface area contributed by atoms with Crippen molar-refractivity contribution in [2.75, 3.05) is 38.3 Å². The molecule has 104 valence electrons. The summed E-state index contributed by atoms with van der Waals surface area (Å²) < 4.78 is 0. The second-order valence-electron chi connectivity index (χ2n) is 5.33. The molecule has 1 heterocycles. The Hall–Kier alpha value is -1.85. The van der Waals surface area contributed by atoms with Crippen molar-refractivity contribution in [2.45, 2.75) is 25.7 Å². The Morgan fingerprint density at radius 2 is 1.95 bits per heavy atom. The lowest BCUT2D eigenvalue weighted by molar-refractivity contribution is -0.127. The lowest BCUT2D eigenvalue weighted by Crippen LogP contribution is -2.35. The van der Waals surface area contributed by atoms with Crippen molar-refractivity contribution in [3.8, 4) is 0 Å². The molecule has 1 fully saturated rings. The lowest BCUT2D eigenvalue weighted by atomic mass is 10.2. The van der Waals surface area contributed by atoms with Crippen molar-refractivity contribution in [2.24, 2.45) is 0 Å². The third kappa shape index (κ3) is 2.94. The second kappa shape index (κ2) is 5.03. The number of rotatable bonds is 4.